The molecule has 0 aliphatic rings. The zero-order chi connectivity index (χ0) is 13.0. The van der Waals surface area contributed by atoms with Crippen molar-refractivity contribution in [2.24, 2.45) is 5.73 Å². The van der Waals surface area contributed by atoms with Crippen LogP contribution in [0.1, 0.15) is 10.5 Å². The van der Waals surface area contributed by atoms with Crippen LogP contribution in [0.3, 0.4) is 0 Å². The number of anilines is 1. The number of aromatic nitrogens is 2. The van der Waals surface area contributed by atoms with E-state index in [9.17, 15) is 4.79 Å². The number of rotatable bonds is 5. The van der Waals surface area contributed by atoms with Gasteiger partial charge in [-0.25, -0.2) is 0 Å². The van der Waals surface area contributed by atoms with E-state index in [1.54, 1.807) is 10.9 Å². The Kier molecular flexibility index (Phi) is 3.47. The molecule has 0 aliphatic heterocycles. The zero-order valence-corrected chi connectivity index (χ0v) is 9.74. The Bertz CT molecular complexity index is 536. The molecule has 1 heterocycles. The Labute approximate surface area is 104 Å². The van der Waals surface area contributed by atoms with Crippen LogP contribution in [0.4, 0.5) is 5.69 Å². The van der Waals surface area contributed by atoms with Crippen molar-refractivity contribution in [1.29, 1.82) is 0 Å². The number of amides is 1. The number of carbonyl (C=O) groups is 1. The van der Waals surface area contributed by atoms with Crippen molar-refractivity contribution in [3.05, 3.63) is 42.2 Å². The van der Waals surface area contributed by atoms with Gasteiger partial charge in [0.1, 0.15) is 12.4 Å². The number of nitrogens with two attached hydrogens (primary N) is 2. The van der Waals surface area contributed by atoms with Gasteiger partial charge >= 0.3 is 0 Å². The summed E-state index contributed by atoms with van der Waals surface area (Å²) >= 11 is 0. The Morgan fingerprint density at radius 3 is 2.67 bits per heavy atom. The zero-order valence-electron chi connectivity index (χ0n) is 9.74. The predicted octanol–water partition coefficient (Wildman–Crippen LogP) is 0.643. The van der Waals surface area contributed by atoms with E-state index in [0.29, 0.717) is 13.2 Å². The molecule has 0 spiro atoms. The van der Waals surface area contributed by atoms with Crippen molar-refractivity contribution >= 4 is 11.6 Å². The first kappa shape index (κ1) is 12.0. The van der Waals surface area contributed by atoms with Crippen LogP contribution in [-0.4, -0.2) is 22.3 Å². The van der Waals surface area contributed by atoms with E-state index >= 15 is 0 Å². The van der Waals surface area contributed by atoms with Crippen LogP contribution < -0.4 is 16.2 Å². The Hall–Kier alpha value is -2.50. The van der Waals surface area contributed by atoms with Crippen molar-refractivity contribution < 1.29 is 9.53 Å². The number of carbonyl (C=O) groups excluding carboxylic acids is 1. The fraction of sp³-hybridized carbons (Fsp3) is 0.167. The van der Waals surface area contributed by atoms with Gasteiger partial charge in [-0.05, 0) is 12.1 Å². The Balaban J connectivity index is 1.91. The van der Waals surface area contributed by atoms with E-state index in [0.717, 1.165) is 5.75 Å². The average molecular weight is 246 g/mol. The monoisotopic (exact) mass is 246 g/mol. The molecule has 0 unspecified atom stereocenters. The molecule has 0 bridgehead atoms. The maximum atomic E-state index is 11.0. The van der Waals surface area contributed by atoms with Gasteiger partial charge in [0.2, 0.25) is 0 Å². The second-order valence-electron chi connectivity index (χ2n) is 3.72. The molecule has 2 aromatic rings. The normalized spacial score (nSPS) is 10.2. The molecule has 6 heteroatoms. The first-order valence-corrected chi connectivity index (χ1v) is 5.47. The second-order valence-corrected chi connectivity index (χ2v) is 3.72. The van der Waals surface area contributed by atoms with Gasteiger partial charge in [0.25, 0.3) is 5.91 Å². The lowest BCUT2D eigenvalue weighted by Gasteiger charge is -2.05. The molecule has 0 saturated heterocycles. The molecule has 1 aromatic carbocycles. The highest BCUT2D eigenvalue weighted by molar-refractivity contribution is 5.95. The van der Waals surface area contributed by atoms with E-state index in [1.165, 1.54) is 0 Å². The van der Waals surface area contributed by atoms with Gasteiger partial charge in [0.05, 0.1) is 12.2 Å². The summed E-state index contributed by atoms with van der Waals surface area (Å²) in [6.45, 7) is 0.926. The summed E-state index contributed by atoms with van der Waals surface area (Å²) in [5, 5.41) is 3.98. The molecule has 0 radical (unpaired) electrons. The van der Waals surface area contributed by atoms with Gasteiger partial charge in [-0.15, -0.1) is 0 Å². The largest absolute Gasteiger partial charge is 0.492 e. The van der Waals surface area contributed by atoms with Gasteiger partial charge in [0, 0.05) is 6.20 Å². The van der Waals surface area contributed by atoms with Gasteiger partial charge in [-0.2, -0.15) is 5.10 Å². The van der Waals surface area contributed by atoms with Crippen molar-refractivity contribution in [3.63, 3.8) is 0 Å². The predicted molar refractivity (Wildman–Crippen MR) is 67.1 cm³/mol. The summed E-state index contributed by atoms with van der Waals surface area (Å²) in [7, 11) is 0. The number of hydrogen-bond donors (Lipinski definition) is 2. The molecule has 4 N–H and O–H groups in total. The summed E-state index contributed by atoms with van der Waals surface area (Å²) in [6.07, 6.45) is 1.56. The highest BCUT2D eigenvalue weighted by atomic mass is 16.5. The summed E-state index contributed by atoms with van der Waals surface area (Å²) < 4.78 is 7.04. The van der Waals surface area contributed by atoms with E-state index < -0.39 is 5.91 Å². The fourth-order valence-corrected chi connectivity index (χ4v) is 1.52. The standard InChI is InChI=1S/C12H14N4O2/c13-10-8-16(15-11(10)12(14)17)6-7-18-9-4-2-1-3-5-9/h1-5,8H,6-7,13H2,(H2,14,17). The fourth-order valence-electron chi connectivity index (χ4n) is 1.52. The molecule has 0 fully saturated rings. The number of hydrogen-bond acceptors (Lipinski definition) is 4. The molecule has 2 rings (SSSR count). The average Bonchev–Trinajstić information content (AvgIpc) is 2.72. The maximum Gasteiger partial charge on any atom is 0.271 e. The molecule has 1 amide bonds. The van der Waals surface area contributed by atoms with Gasteiger partial charge < -0.3 is 16.2 Å². The molecule has 18 heavy (non-hydrogen) atoms. The van der Waals surface area contributed by atoms with Crippen molar-refractivity contribution in [2.45, 2.75) is 6.54 Å². The molecular formula is C12H14N4O2. The molecular weight excluding hydrogens is 232 g/mol. The highest BCUT2D eigenvalue weighted by Gasteiger charge is 2.10. The van der Waals surface area contributed by atoms with Crippen LogP contribution in [0, 0.1) is 0 Å². The third-order valence-corrected chi connectivity index (χ3v) is 2.36. The lowest BCUT2D eigenvalue weighted by molar-refractivity contribution is 0.0995. The summed E-state index contributed by atoms with van der Waals surface area (Å²) in [5.74, 6) is 0.156. The Morgan fingerprint density at radius 2 is 2.06 bits per heavy atom. The molecule has 94 valence electrons. The topological polar surface area (TPSA) is 96.2 Å². The molecule has 6 nitrogen and oxygen atoms in total. The van der Waals surface area contributed by atoms with E-state index in [-0.39, 0.29) is 11.4 Å². The number of primary amides is 1. The smallest absolute Gasteiger partial charge is 0.271 e. The summed E-state index contributed by atoms with van der Waals surface area (Å²) in [4.78, 5) is 11.0. The minimum absolute atomic E-state index is 0.0923. The molecule has 1 aromatic heterocycles. The van der Waals surface area contributed by atoms with Crippen LogP contribution in [0.5, 0.6) is 5.75 Å². The minimum Gasteiger partial charge on any atom is -0.492 e. The third-order valence-electron chi connectivity index (χ3n) is 2.36. The number of nitrogen functional groups attached to an aromatic ring is 1. The van der Waals surface area contributed by atoms with Crippen LogP contribution >= 0.6 is 0 Å². The third kappa shape index (κ3) is 2.79. The minimum atomic E-state index is -0.629. The first-order chi connectivity index (χ1) is 8.66. The summed E-state index contributed by atoms with van der Waals surface area (Å²) in [5.41, 5.74) is 11.1. The van der Waals surface area contributed by atoms with Crippen LogP contribution in [0.2, 0.25) is 0 Å². The van der Waals surface area contributed by atoms with Crippen molar-refractivity contribution in [1.82, 2.24) is 9.78 Å². The van der Waals surface area contributed by atoms with Crippen LogP contribution in [0.25, 0.3) is 0 Å². The van der Waals surface area contributed by atoms with Crippen LogP contribution in [0.15, 0.2) is 36.5 Å². The number of para-hydroxylation sites is 1. The first-order valence-electron chi connectivity index (χ1n) is 5.47. The number of nitrogens with zero attached hydrogens (tertiary/aromatic N) is 2. The molecule has 0 saturated carbocycles. The van der Waals surface area contributed by atoms with E-state index in [4.69, 9.17) is 16.2 Å². The van der Waals surface area contributed by atoms with Crippen LogP contribution in [-0.2, 0) is 6.54 Å². The number of benzene rings is 1. The highest BCUT2D eigenvalue weighted by Crippen LogP contribution is 2.10. The lowest BCUT2D eigenvalue weighted by Crippen LogP contribution is -2.15. The molecule has 0 atom stereocenters. The Morgan fingerprint density at radius 1 is 1.33 bits per heavy atom. The van der Waals surface area contributed by atoms with Gasteiger partial charge in [-0.3, -0.25) is 9.48 Å². The van der Waals surface area contributed by atoms with E-state index in [1.807, 2.05) is 30.3 Å². The van der Waals surface area contributed by atoms with Gasteiger partial charge in [0.15, 0.2) is 5.69 Å². The van der Waals surface area contributed by atoms with Crippen molar-refractivity contribution in [3.8, 4) is 5.75 Å². The van der Waals surface area contributed by atoms with Crippen molar-refractivity contribution in [2.75, 3.05) is 12.3 Å². The molecule has 0 aliphatic carbocycles. The maximum absolute atomic E-state index is 11.0. The second kappa shape index (κ2) is 5.22. The summed E-state index contributed by atoms with van der Waals surface area (Å²) in [6, 6.07) is 9.44. The van der Waals surface area contributed by atoms with Gasteiger partial charge in [-0.1, -0.05) is 18.2 Å². The lowest BCUT2D eigenvalue weighted by atomic mass is 10.3. The van der Waals surface area contributed by atoms with E-state index in [2.05, 4.69) is 5.10 Å². The quantitative estimate of drug-likeness (QED) is 0.809. The SMILES string of the molecule is NC(=O)c1nn(CCOc2ccccc2)cc1N. The number of ether oxygens (including phenoxy) is 1.